The first kappa shape index (κ1) is 4.82. The average molecular weight is 212 g/mol. The van der Waals surface area contributed by atoms with Crippen LogP contribution in [-0.2, 0) is 0 Å². The number of aromatic hydroxyl groups is 1. The van der Waals surface area contributed by atoms with Crippen molar-refractivity contribution in [3.63, 3.8) is 0 Å². The third-order valence-electron chi connectivity index (χ3n) is 0.432. The van der Waals surface area contributed by atoms with E-state index < -0.39 is 0 Å². The molecule has 0 aromatic carbocycles. The normalized spacial score (nSPS) is 9.29. The van der Waals surface area contributed by atoms with Crippen molar-refractivity contribution in [3.8, 4) is 5.95 Å². The van der Waals surface area contributed by atoms with E-state index in [1.807, 2.05) is 0 Å². The van der Waals surface area contributed by atoms with Crippen molar-refractivity contribution < 1.29 is 9.63 Å². The number of rotatable bonds is 0. The van der Waals surface area contributed by atoms with Crippen molar-refractivity contribution in [2.75, 3.05) is 0 Å². The fourth-order valence-electron chi connectivity index (χ4n) is 0.175. The molecule has 0 amide bonds. The van der Waals surface area contributed by atoms with Crippen molar-refractivity contribution in [2.24, 2.45) is 0 Å². The molecule has 0 aliphatic rings. The summed E-state index contributed by atoms with van der Waals surface area (Å²) in [6.07, 6.45) is 0. The SMILES string of the molecule is Oc1onnc1I. The summed E-state index contributed by atoms with van der Waals surface area (Å²) in [7, 11) is 0. The van der Waals surface area contributed by atoms with Gasteiger partial charge in [0.1, 0.15) is 0 Å². The predicted molar refractivity (Wildman–Crippen MR) is 28.7 cm³/mol. The highest BCUT2D eigenvalue weighted by Crippen LogP contribution is 2.12. The minimum atomic E-state index is -0.222. The molecule has 0 atom stereocenters. The second-order valence-corrected chi connectivity index (χ2v) is 1.89. The topological polar surface area (TPSA) is 59.2 Å². The van der Waals surface area contributed by atoms with E-state index in [1.54, 1.807) is 22.6 Å². The molecule has 7 heavy (non-hydrogen) atoms. The number of nitrogens with zero attached hydrogens (tertiary/aromatic N) is 2. The summed E-state index contributed by atoms with van der Waals surface area (Å²) in [5.74, 6) is -0.222. The van der Waals surface area contributed by atoms with Crippen molar-refractivity contribution in [3.05, 3.63) is 3.70 Å². The Bertz CT molecular complexity index is 146. The molecule has 0 saturated carbocycles. The molecule has 1 N–H and O–H groups in total. The molecule has 0 aliphatic heterocycles. The van der Waals surface area contributed by atoms with Crippen molar-refractivity contribution in [2.45, 2.75) is 0 Å². The van der Waals surface area contributed by atoms with Crippen LogP contribution in [0.5, 0.6) is 5.95 Å². The van der Waals surface area contributed by atoms with Crippen LogP contribution in [0.15, 0.2) is 4.52 Å². The van der Waals surface area contributed by atoms with Gasteiger partial charge < -0.3 is 5.11 Å². The van der Waals surface area contributed by atoms with Crippen molar-refractivity contribution in [1.82, 2.24) is 10.4 Å². The van der Waals surface area contributed by atoms with E-state index in [0.29, 0.717) is 3.70 Å². The molecule has 0 fully saturated rings. The summed E-state index contributed by atoms with van der Waals surface area (Å²) >= 11 is 1.80. The Labute approximate surface area is 52.6 Å². The van der Waals surface area contributed by atoms with E-state index in [0.717, 1.165) is 0 Å². The summed E-state index contributed by atoms with van der Waals surface area (Å²) in [6, 6.07) is 0. The monoisotopic (exact) mass is 212 g/mol. The Balaban J connectivity index is 3.12. The molecule has 38 valence electrons. The molecule has 5 heteroatoms. The van der Waals surface area contributed by atoms with Crippen LogP contribution in [-0.4, -0.2) is 15.5 Å². The highest BCUT2D eigenvalue weighted by molar-refractivity contribution is 14.1. The van der Waals surface area contributed by atoms with Gasteiger partial charge in [0.25, 0.3) is 0 Å². The number of aromatic nitrogens is 2. The molecule has 0 spiro atoms. The van der Waals surface area contributed by atoms with E-state index in [-0.39, 0.29) is 5.95 Å². The van der Waals surface area contributed by atoms with Crippen LogP contribution < -0.4 is 0 Å². The van der Waals surface area contributed by atoms with Crippen molar-refractivity contribution in [1.29, 1.82) is 0 Å². The maximum absolute atomic E-state index is 8.46. The first-order valence-corrected chi connectivity index (χ1v) is 2.55. The Morgan fingerprint density at radius 3 is 2.57 bits per heavy atom. The number of hydrogen-bond acceptors (Lipinski definition) is 4. The molecule has 0 saturated heterocycles. The van der Waals surface area contributed by atoms with Crippen LogP contribution in [0.3, 0.4) is 0 Å². The van der Waals surface area contributed by atoms with Crippen LogP contribution in [0.2, 0.25) is 0 Å². The first-order chi connectivity index (χ1) is 3.30. The van der Waals surface area contributed by atoms with E-state index >= 15 is 0 Å². The molecule has 1 heterocycles. The summed E-state index contributed by atoms with van der Waals surface area (Å²) in [5, 5.41) is 14.8. The van der Waals surface area contributed by atoms with Crippen LogP contribution in [0.1, 0.15) is 0 Å². The largest absolute Gasteiger partial charge is 0.477 e. The molecule has 0 radical (unpaired) electrons. The van der Waals surface area contributed by atoms with Crippen LogP contribution >= 0.6 is 22.6 Å². The quantitative estimate of drug-likeness (QED) is 0.631. The molecule has 0 unspecified atom stereocenters. The average Bonchev–Trinajstić information content (AvgIpc) is 1.91. The second-order valence-electron chi connectivity index (χ2n) is 0.869. The van der Waals surface area contributed by atoms with Gasteiger partial charge >= 0.3 is 5.95 Å². The highest BCUT2D eigenvalue weighted by atomic mass is 127. The summed E-state index contributed by atoms with van der Waals surface area (Å²) in [6.45, 7) is 0. The second kappa shape index (κ2) is 1.65. The van der Waals surface area contributed by atoms with Gasteiger partial charge in [-0.2, -0.15) is 0 Å². The van der Waals surface area contributed by atoms with Gasteiger partial charge in [-0.3, -0.25) is 4.52 Å². The lowest BCUT2D eigenvalue weighted by molar-refractivity contribution is 0.269. The van der Waals surface area contributed by atoms with E-state index in [1.165, 1.54) is 0 Å². The molecular weight excluding hydrogens is 211 g/mol. The third kappa shape index (κ3) is 0.817. The molecule has 1 rings (SSSR count). The fourth-order valence-corrected chi connectivity index (χ4v) is 0.362. The Morgan fingerprint density at radius 2 is 2.43 bits per heavy atom. The summed E-state index contributed by atoms with van der Waals surface area (Å²) < 4.78 is 4.54. The van der Waals surface area contributed by atoms with Gasteiger partial charge in [-0.1, -0.05) is 0 Å². The fraction of sp³-hybridized carbons (Fsp3) is 0. The minimum Gasteiger partial charge on any atom is -0.477 e. The Morgan fingerprint density at radius 1 is 1.71 bits per heavy atom. The zero-order valence-corrected chi connectivity index (χ0v) is 5.29. The standard InChI is InChI=1S/C2HIN2O2/c3-1-2(6)7-5-4-1/h6H. The lowest BCUT2D eigenvalue weighted by atomic mass is 10.9. The van der Waals surface area contributed by atoms with Crippen LogP contribution in [0.25, 0.3) is 0 Å². The Hall–Kier alpha value is -0.330. The van der Waals surface area contributed by atoms with Gasteiger partial charge in [-0.05, 0) is 22.6 Å². The van der Waals surface area contributed by atoms with E-state index in [4.69, 9.17) is 5.11 Å². The number of hydrogen-bond donors (Lipinski definition) is 1. The first-order valence-electron chi connectivity index (χ1n) is 1.47. The molecule has 4 nitrogen and oxygen atoms in total. The zero-order chi connectivity index (χ0) is 5.28. The molecular formula is C2HIN2O2. The number of halogens is 1. The van der Waals surface area contributed by atoms with Gasteiger partial charge in [0, 0.05) is 5.27 Å². The minimum absolute atomic E-state index is 0.222. The summed E-state index contributed by atoms with van der Waals surface area (Å²) in [5.41, 5.74) is 0. The molecule has 0 aliphatic carbocycles. The van der Waals surface area contributed by atoms with E-state index in [2.05, 4.69) is 14.9 Å². The zero-order valence-electron chi connectivity index (χ0n) is 3.13. The maximum atomic E-state index is 8.46. The Kier molecular flexibility index (Phi) is 1.13. The lowest BCUT2D eigenvalue weighted by Gasteiger charge is -1.70. The van der Waals surface area contributed by atoms with Crippen molar-refractivity contribution >= 4 is 22.6 Å². The maximum Gasteiger partial charge on any atom is 0.343 e. The molecule has 1 aromatic rings. The van der Waals surface area contributed by atoms with Gasteiger partial charge in [-0.25, -0.2) is 0 Å². The van der Waals surface area contributed by atoms with Gasteiger partial charge in [0.2, 0.25) is 3.70 Å². The van der Waals surface area contributed by atoms with Gasteiger partial charge in [0.05, 0.1) is 0 Å². The highest BCUT2D eigenvalue weighted by Gasteiger charge is 1.99. The van der Waals surface area contributed by atoms with Gasteiger partial charge in [-0.15, -0.1) is 5.10 Å². The van der Waals surface area contributed by atoms with Crippen LogP contribution in [0.4, 0.5) is 0 Å². The van der Waals surface area contributed by atoms with Gasteiger partial charge in [0.15, 0.2) is 0 Å². The smallest absolute Gasteiger partial charge is 0.343 e. The lowest BCUT2D eigenvalue weighted by Crippen LogP contribution is -1.65. The van der Waals surface area contributed by atoms with E-state index in [9.17, 15) is 0 Å². The van der Waals surface area contributed by atoms with Crippen LogP contribution in [0, 0.1) is 3.70 Å². The third-order valence-corrected chi connectivity index (χ3v) is 1.11. The molecule has 0 bridgehead atoms. The summed E-state index contributed by atoms with van der Waals surface area (Å²) in [4.78, 5) is 0. The predicted octanol–water partition coefficient (Wildman–Crippen LogP) is 0.380. The molecule has 1 aromatic heterocycles.